The highest BCUT2D eigenvalue weighted by atomic mass is 35.5. The molecule has 4 aromatic rings. The molecule has 0 aromatic heterocycles. The van der Waals surface area contributed by atoms with Crippen LogP contribution in [0.25, 0.3) is 0 Å². The highest BCUT2D eigenvalue weighted by Gasteiger charge is 2.35. The van der Waals surface area contributed by atoms with Gasteiger partial charge in [-0.1, -0.05) is 83.9 Å². The van der Waals surface area contributed by atoms with Crippen molar-refractivity contribution in [2.45, 2.75) is 37.8 Å². The zero-order valence-corrected chi connectivity index (χ0v) is 26.7. The van der Waals surface area contributed by atoms with E-state index in [4.69, 9.17) is 16.3 Å². The first-order chi connectivity index (χ1) is 21.0. The Morgan fingerprint density at radius 1 is 0.909 bits per heavy atom. The number of anilines is 1. The summed E-state index contributed by atoms with van der Waals surface area (Å²) in [5, 5.41) is 2.96. The van der Waals surface area contributed by atoms with E-state index in [0.717, 1.165) is 26.6 Å². The molecule has 0 aliphatic heterocycles. The van der Waals surface area contributed by atoms with Gasteiger partial charge in [-0.25, -0.2) is 8.42 Å². The van der Waals surface area contributed by atoms with Gasteiger partial charge in [0.15, 0.2) is 0 Å². The highest BCUT2D eigenvalue weighted by molar-refractivity contribution is 7.92. The van der Waals surface area contributed by atoms with Crippen LogP contribution >= 0.6 is 11.6 Å². The van der Waals surface area contributed by atoms with Crippen LogP contribution in [-0.4, -0.2) is 51.9 Å². The molecular formula is C34H36ClN3O5S. The lowest BCUT2D eigenvalue weighted by atomic mass is 10.0. The maximum Gasteiger partial charge on any atom is 0.264 e. The third kappa shape index (κ3) is 7.59. The molecule has 44 heavy (non-hydrogen) atoms. The van der Waals surface area contributed by atoms with E-state index in [0.29, 0.717) is 0 Å². The average Bonchev–Trinajstić information content (AvgIpc) is 3.02. The van der Waals surface area contributed by atoms with Gasteiger partial charge >= 0.3 is 0 Å². The lowest BCUT2D eigenvalue weighted by Gasteiger charge is -2.34. The van der Waals surface area contributed by atoms with E-state index in [1.807, 2.05) is 68.4 Å². The van der Waals surface area contributed by atoms with Crippen LogP contribution in [0.4, 0.5) is 5.69 Å². The van der Waals surface area contributed by atoms with Crippen LogP contribution in [0.3, 0.4) is 0 Å². The van der Waals surface area contributed by atoms with Crippen LogP contribution in [0.15, 0.2) is 102 Å². The van der Waals surface area contributed by atoms with Crippen LogP contribution in [0.1, 0.15) is 22.3 Å². The first kappa shape index (κ1) is 32.6. The summed E-state index contributed by atoms with van der Waals surface area (Å²) in [5.41, 5.74) is 3.59. The lowest BCUT2D eigenvalue weighted by Crippen LogP contribution is -2.53. The average molecular weight is 634 g/mol. The summed E-state index contributed by atoms with van der Waals surface area (Å²) in [6.45, 7) is 3.25. The van der Waals surface area contributed by atoms with Gasteiger partial charge in [0.25, 0.3) is 10.0 Å². The highest BCUT2D eigenvalue weighted by Crippen LogP contribution is 2.35. The number of nitrogens with one attached hydrogen (secondary N) is 1. The second-order valence-corrected chi connectivity index (χ2v) is 12.7. The first-order valence-corrected chi connectivity index (χ1v) is 15.9. The molecular weight excluding hydrogens is 598 g/mol. The number of likely N-dealkylation sites (N-methyl/N-ethyl adjacent to an activating group) is 1. The van der Waals surface area contributed by atoms with E-state index in [2.05, 4.69) is 5.32 Å². The van der Waals surface area contributed by atoms with E-state index in [-0.39, 0.29) is 40.2 Å². The van der Waals surface area contributed by atoms with Gasteiger partial charge in [-0.3, -0.25) is 13.9 Å². The van der Waals surface area contributed by atoms with Crippen molar-refractivity contribution in [3.8, 4) is 5.75 Å². The Balaban J connectivity index is 1.85. The monoisotopic (exact) mass is 633 g/mol. The number of carbonyl (C=O) groups excluding carboxylic acids is 2. The second-order valence-electron chi connectivity index (χ2n) is 10.4. The number of ether oxygens (including phenoxy) is 1. The molecule has 4 rings (SSSR count). The Morgan fingerprint density at radius 2 is 1.57 bits per heavy atom. The quantitative estimate of drug-likeness (QED) is 0.221. The first-order valence-electron chi connectivity index (χ1n) is 14.1. The largest absolute Gasteiger partial charge is 0.495 e. The molecule has 4 aromatic carbocycles. The van der Waals surface area contributed by atoms with E-state index in [9.17, 15) is 18.0 Å². The molecule has 0 heterocycles. The molecule has 0 aliphatic rings. The fourth-order valence-electron chi connectivity index (χ4n) is 4.90. The molecule has 0 saturated carbocycles. The fraction of sp³-hybridized carbons (Fsp3) is 0.235. The number of aryl methyl sites for hydroxylation is 2. The third-order valence-corrected chi connectivity index (χ3v) is 9.43. The molecule has 0 fully saturated rings. The summed E-state index contributed by atoms with van der Waals surface area (Å²) in [5.74, 6) is -0.727. The Morgan fingerprint density at radius 3 is 2.20 bits per heavy atom. The molecule has 1 N–H and O–H groups in total. The third-order valence-electron chi connectivity index (χ3n) is 7.42. The van der Waals surface area contributed by atoms with Crippen molar-refractivity contribution in [1.82, 2.24) is 10.2 Å². The number of rotatable bonds is 12. The molecule has 0 radical (unpaired) electrons. The van der Waals surface area contributed by atoms with Crippen molar-refractivity contribution in [2.24, 2.45) is 0 Å². The number of methoxy groups -OCH3 is 1. The molecule has 0 aliphatic carbocycles. The maximum atomic E-state index is 14.5. The van der Waals surface area contributed by atoms with Crippen molar-refractivity contribution >= 4 is 39.1 Å². The normalized spacial score (nSPS) is 11.8. The molecule has 0 saturated heterocycles. The summed E-state index contributed by atoms with van der Waals surface area (Å²) in [7, 11) is -1.36. The number of benzene rings is 4. The molecule has 1 atom stereocenters. The summed E-state index contributed by atoms with van der Waals surface area (Å²) in [6, 6.07) is 27.0. The number of hydrogen-bond donors (Lipinski definition) is 1. The van der Waals surface area contributed by atoms with Crippen molar-refractivity contribution in [3.05, 3.63) is 124 Å². The Hall–Kier alpha value is -4.34. The minimum absolute atomic E-state index is 0.00415. The summed E-state index contributed by atoms with van der Waals surface area (Å²) in [4.78, 5) is 29.3. The van der Waals surface area contributed by atoms with Gasteiger partial charge < -0.3 is 15.0 Å². The van der Waals surface area contributed by atoms with Crippen LogP contribution in [0.5, 0.6) is 5.75 Å². The summed E-state index contributed by atoms with van der Waals surface area (Å²) >= 11 is 6.33. The van der Waals surface area contributed by atoms with Gasteiger partial charge in [-0.15, -0.1) is 0 Å². The van der Waals surface area contributed by atoms with Gasteiger partial charge in [0.1, 0.15) is 18.3 Å². The van der Waals surface area contributed by atoms with E-state index in [1.165, 1.54) is 37.3 Å². The predicted molar refractivity (Wildman–Crippen MR) is 173 cm³/mol. The molecule has 2 amide bonds. The predicted octanol–water partition coefficient (Wildman–Crippen LogP) is 5.55. The van der Waals surface area contributed by atoms with E-state index >= 15 is 0 Å². The van der Waals surface area contributed by atoms with Crippen LogP contribution in [-0.2, 0) is 32.6 Å². The molecule has 10 heteroatoms. The number of nitrogens with zero attached hydrogens (tertiary/aromatic N) is 2. The van der Waals surface area contributed by atoms with Crippen LogP contribution < -0.4 is 14.4 Å². The smallest absolute Gasteiger partial charge is 0.264 e. The fourth-order valence-corrected chi connectivity index (χ4v) is 6.48. The topological polar surface area (TPSA) is 96.0 Å². The number of amides is 2. The Bertz CT molecular complexity index is 1710. The van der Waals surface area contributed by atoms with Crippen molar-refractivity contribution in [3.63, 3.8) is 0 Å². The number of hydrogen-bond acceptors (Lipinski definition) is 5. The molecule has 0 bridgehead atoms. The standard InChI is InChI=1S/C34H36ClN3O5S/c1-24-14-17-29(18-15-24)44(41,42)38(30-21-28(35)16-19-32(30)43-4)23-33(39)37(22-27-13-9-8-10-25(27)2)31(34(40)36-3)20-26-11-6-5-7-12-26/h5-19,21,31H,20,22-23H2,1-4H3,(H,36,40)/t31-/m1/s1. The Kier molecular flexibility index (Phi) is 10.7. The molecule has 0 spiro atoms. The van der Waals surface area contributed by atoms with Crippen LogP contribution in [0.2, 0.25) is 5.02 Å². The zero-order chi connectivity index (χ0) is 31.9. The van der Waals surface area contributed by atoms with E-state index in [1.54, 1.807) is 24.3 Å². The maximum absolute atomic E-state index is 14.5. The summed E-state index contributed by atoms with van der Waals surface area (Å²) < 4.78 is 35.0. The van der Waals surface area contributed by atoms with Gasteiger partial charge in [-0.2, -0.15) is 0 Å². The van der Waals surface area contributed by atoms with Gasteiger partial charge in [-0.05, 0) is 60.9 Å². The number of carbonyl (C=O) groups is 2. The van der Waals surface area contributed by atoms with Crippen molar-refractivity contribution in [2.75, 3.05) is 25.0 Å². The van der Waals surface area contributed by atoms with Gasteiger partial charge in [0, 0.05) is 25.0 Å². The molecule has 0 unspecified atom stereocenters. The van der Waals surface area contributed by atoms with Crippen molar-refractivity contribution in [1.29, 1.82) is 0 Å². The SMILES string of the molecule is CNC(=O)[C@@H](Cc1ccccc1)N(Cc1ccccc1C)C(=O)CN(c1cc(Cl)ccc1OC)S(=O)(=O)c1ccc(C)cc1. The minimum atomic E-state index is -4.29. The number of halogens is 1. The van der Waals surface area contributed by atoms with E-state index < -0.39 is 28.5 Å². The lowest BCUT2D eigenvalue weighted by molar-refractivity contribution is -0.139. The molecule has 230 valence electrons. The van der Waals surface area contributed by atoms with Gasteiger partial charge in [0.05, 0.1) is 17.7 Å². The number of sulfonamides is 1. The summed E-state index contributed by atoms with van der Waals surface area (Å²) in [6.07, 6.45) is 0.226. The minimum Gasteiger partial charge on any atom is -0.495 e. The zero-order valence-electron chi connectivity index (χ0n) is 25.2. The Labute approximate surface area is 264 Å². The molecule has 8 nitrogen and oxygen atoms in total. The van der Waals surface area contributed by atoms with Crippen molar-refractivity contribution < 1.29 is 22.7 Å². The van der Waals surface area contributed by atoms with Gasteiger partial charge in [0.2, 0.25) is 11.8 Å². The second kappa shape index (κ2) is 14.4. The van der Waals surface area contributed by atoms with Crippen LogP contribution in [0, 0.1) is 13.8 Å².